The van der Waals surface area contributed by atoms with Crippen LogP contribution in [0.15, 0.2) is 6.20 Å². The summed E-state index contributed by atoms with van der Waals surface area (Å²) in [5, 5.41) is 28.2. The summed E-state index contributed by atoms with van der Waals surface area (Å²) in [4.78, 5) is 22.2. The molecule has 0 radical (unpaired) electrons. The predicted molar refractivity (Wildman–Crippen MR) is 118 cm³/mol. The molecule has 1 aliphatic carbocycles. The smallest absolute Gasteiger partial charge is 0.387 e. The number of aliphatic hydroxyl groups excluding tert-OH is 2. The highest BCUT2D eigenvalue weighted by Gasteiger charge is 2.60. The maximum atomic E-state index is 13.2. The Hall–Kier alpha value is -1.59. The van der Waals surface area contributed by atoms with E-state index in [9.17, 15) is 36.4 Å². The van der Waals surface area contributed by atoms with E-state index in [0.717, 1.165) is 30.4 Å². The van der Waals surface area contributed by atoms with Gasteiger partial charge in [0, 0.05) is 6.04 Å². The molecule has 0 aromatic carbocycles. The zero-order chi connectivity index (χ0) is 26.6. The largest absolute Gasteiger partial charge is 0.417 e. The summed E-state index contributed by atoms with van der Waals surface area (Å²) < 4.78 is 81.9. The molecule has 2 fully saturated rings. The minimum atomic E-state index is -6.20. The van der Waals surface area contributed by atoms with Gasteiger partial charge in [0.15, 0.2) is 21.7 Å². The molecule has 3 heterocycles. The summed E-state index contributed by atoms with van der Waals surface area (Å²) >= 11 is 6.03. The molecular formula is C17H22ClF3N5O8PS. The van der Waals surface area contributed by atoms with E-state index in [0.29, 0.717) is 11.2 Å². The van der Waals surface area contributed by atoms with Crippen LogP contribution in [0.25, 0.3) is 11.0 Å². The molecule has 19 heteroatoms. The average Bonchev–Trinajstić information content (AvgIpc) is 3.42. The number of anilines is 1. The summed E-state index contributed by atoms with van der Waals surface area (Å²) in [6, 6.07) is 0.128. The predicted octanol–water partition coefficient (Wildman–Crippen LogP) is 0.934. The third-order valence-corrected chi connectivity index (χ3v) is 10.6. The van der Waals surface area contributed by atoms with E-state index in [1.807, 2.05) is 0 Å². The number of hydrogen-bond acceptors (Lipinski definition) is 10. The average molecular weight is 580 g/mol. The Kier molecular flexibility index (Phi) is 7.33. The second-order valence-electron chi connectivity index (χ2n) is 8.65. The highest BCUT2D eigenvalue weighted by atomic mass is 35.5. The van der Waals surface area contributed by atoms with Crippen LogP contribution < -0.4 is 5.32 Å². The van der Waals surface area contributed by atoms with E-state index in [4.69, 9.17) is 26.1 Å². The first kappa shape index (κ1) is 27.4. The van der Waals surface area contributed by atoms with Gasteiger partial charge in [-0.15, -0.1) is 0 Å². The third kappa shape index (κ3) is 5.34. The first-order valence-electron chi connectivity index (χ1n) is 10.6. The van der Waals surface area contributed by atoms with Crippen molar-refractivity contribution in [3.63, 3.8) is 0 Å². The molecule has 1 saturated heterocycles. The van der Waals surface area contributed by atoms with Gasteiger partial charge in [-0.3, -0.25) is 4.57 Å². The minimum Gasteiger partial charge on any atom is -0.387 e. The SMILES string of the molecule is O=P(O)(O)C(C(F)(F)F)S(=O)(=O)C[C@H]1O[C@@H](n2ncc3c(NC4CCCC4)nc(Cl)nc32)[C@H](O)[C@@H]1O. The number of nitrogens with zero attached hydrogens (tertiary/aromatic N) is 4. The minimum absolute atomic E-state index is 0.0265. The number of aliphatic hydroxyl groups is 2. The Labute approximate surface area is 206 Å². The van der Waals surface area contributed by atoms with Crippen molar-refractivity contribution in [2.75, 3.05) is 11.1 Å². The molecule has 2 aliphatic rings. The van der Waals surface area contributed by atoms with E-state index in [1.54, 1.807) is 0 Å². The Bertz CT molecular complexity index is 1290. The number of alkyl halides is 3. The van der Waals surface area contributed by atoms with Crippen LogP contribution in [0.4, 0.5) is 19.0 Å². The molecule has 36 heavy (non-hydrogen) atoms. The summed E-state index contributed by atoms with van der Waals surface area (Å²) in [7, 11) is -11.8. The maximum Gasteiger partial charge on any atom is 0.417 e. The second-order valence-corrected chi connectivity index (χ2v) is 13.2. The summed E-state index contributed by atoms with van der Waals surface area (Å²) in [5.41, 5.74) is 0.0265. The number of ether oxygens (including phenoxy) is 1. The maximum absolute atomic E-state index is 13.2. The molecule has 0 spiro atoms. The lowest BCUT2D eigenvalue weighted by molar-refractivity contribution is -0.118. The number of sulfone groups is 1. The number of halogens is 4. The van der Waals surface area contributed by atoms with Crippen LogP contribution in [-0.4, -0.2) is 89.4 Å². The molecule has 1 unspecified atom stereocenters. The lowest BCUT2D eigenvalue weighted by Crippen LogP contribution is -2.43. The Morgan fingerprint density at radius 2 is 1.86 bits per heavy atom. The quantitative estimate of drug-likeness (QED) is 0.230. The molecule has 13 nitrogen and oxygen atoms in total. The highest BCUT2D eigenvalue weighted by molar-refractivity contribution is 7.98. The van der Waals surface area contributed by atoms with Crippen molar-refractivity contribution in [3.05, 3.63) is 11.5 Å². The van der Waals surface area contributed by atoms with E-state index >= 15 is 0 Å². The fraction of sp³-hybridized carbons (Fsp3) is 0.706. The molecule has 0 amide bonds. The van der Waals surface area contributed by atoms with Crippen LogP contribution in [0.3, 0.4) is 0 Å². The van der Waals surface area contributed by atoms with Crippen molar-refractivity contribution in [1.82, 2.24) is 19.7 Å². The van der Waals surface area contributed by atoms with Gasteiger partial charge in [-0.05, 0) is 24.4 Å². The Morgan fingerprint density at radius 3 is 2.44 bits per heavy atom. The molecule has 5 N–H and O–H groups in total. The van der Waals surface area contributed by atoms with Crippen LogP contribution >= 0.6 is 19.2 Å². The van der Waals surface area contributed by atoms with Crippen LogP contribution in [-0.2, 0) is 19.1 Å². The van der Waals surface area contributed by atoms with Gasteiger partial charge in [0.05, 0.1) is 17.3 Å². The van der Waals surface area contributed by atoms with Gasteiger partial charge in [-0.25, -0.2) is 13.1 Å². The van der Waals surface area contributed by atoms with Crippen LogP contribution in [0, 0.1) is 0 Å². The van der Waals surface area contributed by atoms with E-state index < -0.39 is 58.9 Å². The fourth-order valence-electron chi connectivity index (χ4n) is 4.45. The van der Waals surface area contributed by atoms with Crippen LogP contribution in [0.5, 0.6) is 0 Å². The normalized spacial score (nSPS) is 27.1. The Morgan fingerprint density at radius 1 is 1.22 bits per heavy atom. The zero-order valence-corrected chi connectivity index (χ0v) is 20.6. The van der Waals surface area contributed by atoms with Gasteiger partial charge < -0.3 is 30.1 Å². The first-order chi connectivity index (χ1) is 16.6. The van der Waals surface area contributed by atoms with Crippen molar-refractivity contribution in [3.8, 4) is 0 Å². The van der Waals surface area contributed by atoms with Crippen molar-refractivity contribution in [1.29, 1.82) is 0 Å². The van der Waals surface area contributed by atoms with Crippen LogP contribution in [0.2, 0.25) is 5.28 Å². The summed E-state index contributed by atoms with van der Waals surface area (Å²) in [6.07, 6.45) is -8.13. The number of nitrogens with one attached hydrogen (secondary N) is 1. The monoisotopic (exact) mass is 579 g/mol. The molecule has 202 valence electrons. The summed E-state index contributed by atoms with van der Waals surface area (Å²) in [6.45, 7) is 0. The standard InChI is InChI=1S/C17H22ClF3N5O8PS/c18-16-24-12(23-7-3-1-2-4-7)8-5-22-26(13(8)25-16)14-11(28)10(27)9(34-14)6-36(32,33)15(17(19,20)21)35(29,30)31/h5,7,9-11,14-15,27-28H,1-4,6H2,(H,23,24,25)(H2,29,30,31)/t9-,10-,11-,14-,15?/m1/s1. The first-order valence-corrected chi connectivity index (χ1v) is 14.4. The van der Waals surface area contributed by atoms with Crippen LogP contribution in [0.1, 0.15) is 31.9 Å². The van der Waals surface area contributed by atoms with Gasteiger partial charge in [0.2, 0.25) is 5.28 Å². The lowest BCUT2D eigenvalue weighted by Gasteiger charge is -2.23. The van der Waals surface area contributed by atoms with E-state index in [2.05, 4.69) is 20.4 Å². The van der Waals surface area contributed by atoms with Crippen molar-refractivity contribution >= 4 is 45.9 Å². The second kappa shape index (κ2) is 9.62. The van der Waals surface area contributed by atoms with Crippen molar-refractivity contribution in [2.45, 2.75) is 67.4 Å². The Balaban J connectivity index is 1.62. The number of hydrogen-bond donors (Lipinski definition) is 5. The molecule has 5 atom stereocenters. The van der Waals surface area contributed by atoms with Gasteiger partial charge >= 0.3 is 13.8 Å². The van der Waals surface area contributed by atoms with Gasteiger partial charge in [0.1, 0.15) is 24.1 Å². The fourth-order valence-corrected chi connectivity index (χ4v) is 8.25. The third-order valence-electron chi connectivity index (χ3n) is 6.02. The number of aromatic nitrogens is 4. The van der Waals surface area contributed by atoms with Crippen molar-refractivity contribution in [2.24, 2.45) is 0 Å². The topological polar surface area (TPSA) is 197 Å². The van der Waals surface area contributed by atoms with E-state index in [-0.39, 0.29) is 17.0 Å². The van der Waals surface area contributed by atoms with Gasteiger partial charge in [0.25, 0.3) is 4.99 Å². The van der Waals surface area contributed by atoms with Crippen molar-refractivity contribution < 1.29 is 50.9 Å². The zero-order valence-electron chi connectivity index (χ0n) is 18.2. The van der Waals surface area contributed by atoms with Gasteiger partial charge in [-0.1, -0.05) is 12.8 Å². The molecule has 1 saturated carbocycles. The number of fused-ring (bicyclic) bond motifs is 1. The van der Waals surface area contributed by atoms with Gasteiger partial charge in [-0.2, -0.15) is 28.2 Å². The molecule has 4 rings (SSSR count). The highest BCUT2D eigenvalue weighted by Crippen LogP contribution is 2.52. The molecule has 2 aromatic rings. The molecule has 2 aromatic heterocycles. The molecule has 0 bridgehead atoms. The summed E-state index contributed by atoms with van der Waals surface area (Å²) in [5.74, 6) is -1.30. The van der Waals surface area contributed by atoms with E-state index in [1.165, 1.54) is 6.20 Å². The number of rotatable bonds is 7. The molecular weight excluding hydrogens is 558 g/mol. The molecule has 1 aliphatic heterocycles. The lowest BCUT2D eigenvalue weighted by atomic mass is 10.1.